The molecule has 0 aromatic heterocycles. The van der Waals surface area contributed by atoms with Crippen LogP contribution in [0.2, 0.25) is 0 Å². The number of allylic oxidation sites excluding steroid dienone is 2. The summed E-state index contributed by atoms with van der Waals surface area (Å²) in [6, 6.07) is 9.59. The first-order chi connectivity index (χ1) is 9.47. The van der Waals surface area contributed by atoms with Gasteiger partial charge >= 0.3 is 5.97 Å². The van der Waals surface area contributed by atoms with Crippen LogP contribution in [0.4, 0.5) is 0 Å². The van der Waals surface area contributed by atoms with Gasteiger partial charge in [0.15, 0.2) is 0 Å². The van der Waals surface area contributed by atoms with E-state index >= 15 is 0 Å². The molecule has 1 aromatic carbocycles. The highest BCUT2D eigenvalue weighted by molar-refractivity contribution is 6.16. The van der Waals surface area contributed by atoms with E-state index in [0.29, 0.717) is 0 Å². The van der Waals surface area contributed by atoms with Crippen molar-refractivity contribution in [2.24, 2.45) is 5.73 Å². The minimum atomic E-state index is -0.820. The van der Waals surface area contributed by atoms with Crippen molar-refractivity contribution < 1.29 is 14.3 Å². The van der Waals surface area contributed by atoms with Crippen LogP contribution in [0.5, 0.6) is 0 Å². The van der Waals surface area contributed by atoms with E-state index in [2.05, 4.69) is 4.74 Å². The number of carbonyl (C=O) groups excluding carboxylic acids is 2. The molecule has 0 unspecified atom stereocenters. The number of ether oxygens (including phenoxy) is 1. The molecule has 1 rings (SSSR count). The van der Waals surface area contributed by atoms with Gasteiger partial charge in [0, 0.05) is 19.8 Å². The summed E-state index contributed by atoms with van der Waals surface area (Å²) in [5.74, 6) is -1.57. The fraction of sp³-hybridized carbons (Fsp3) is 0.200. The summed E-state index contributed by atoms with van der Waals surface area (Å²) in [5, 5.41) is 0. The number of hydrogen-bond acceptors (Lipinski definition) is 4. The molecule has 1 aromatic rings. The highest BCUT2D eigenvalue weighted by Gasteiger charge is 2.15. The molecule has 2 N–H and O–H groups in total. The van der Waals surface area contributed by atoms with Crippen molar-refractivity contribution in [2.45, 2.75) is 0 Å². The maximum absolute atomic E-state index is 11.4. The molecule has 5 heteroatoms. The number of amides is 1. The molecule has 0 aliphatic heterocycles. The van der Waals surface area contributed by atoms with E-state index in [1.54, 1.807) is 6.08 Å². The van der Waals surface area contributed by atoms with Gasteiger partial charge in [0.25, 0.3) is 5.91 Å². The molecule has 0 heterocycles. The Morgan fingerprint density at radius 2 is 1.75 bits per heavy atom. The number of methoxy groups -OCH3 is 1. The highest BCUT2D eigenvalue weighted by atomic mass is 16.5. The maximum Gasteiger partial charge on any atom is 0.343 e. The number of esters is 1. The van der Waals surface area contributed by atoms with Gasteiger partial charge in [0.05, 0.1) is 7.11 Å². The second kappa shape index (κ2) is 7.13. The summed E-state index contributed by atoms with van der Waals surface area (Å²) >= 11 is 0. The minimum Gasteiger partial charge on any atom is -0.465 e. The number of nitrogens with two attached hydrogens (primary N) is 1. The normalized spacial score (nSPS) is 11.9. The molecule has 0 saturated carbocycles. The Hall–Kier alpha value is -2.56. The zero-order chi connectivity index (χ0) is 15.1. The van der Waals surface area contributed by atoms with E-state index < -0.39 is 11.9 Å². The van der Waals surface area contributed by atoms with Gasteiger partial charge in [-0.25, -0.2) is 4.79 Å². The maximum atomic E-state index is 11.4. The van der Waals surface area contributed by atoms with E-state index in [0.717, 1.165) is 11.3 Å². The Labute approximate surface area is 118 Å². The Kier molecular flexibility index (Phi) is 5.53. The van der Waals surface area contributed by atoms with Crippen molar-refractivity contribution in [1.82, 2.24) is 4.90 Å². The van der Waals surface area contributed by atoms with Crippen molar-refractivity contribution in [3.63, 3.8) is 0 Å². The standard InChI is InChI=1S/C15H18N2O3/c1-17(2)13(11-7-5-4-6-8-11)10-9-12(14(16)18)15(19)20-3/h4-10H,1-3H3,(H2,16,18). The Balaban J connectivity index is 3.21. The zero-order valence-corrected chi connectivity index (χ0v) is 11.8. The Bertz CT molecular complexity index is 545. The predicted molar refractivity (Wildman–Crippen MR) is 77.4 cm³/mol. The van der Waals surface area contributed by atoms with Gasteiger partial charge in [0.2, 0.25) is 0 Å². The molecule has 0 fully saturated rings. The highest BCUT2D eigenvalue weighted by Crippen LogP contribution is 2.16. The molecule has 0 bridgehead atoms. The van der Waals surface area contributed by atoms with E-state index in [4.69, 9.17) is 5.73 Å². The SMILES string of the molecule is COC(=O)C(=CC=C(c1ccccc1)N(C)C)C(N)=O. The molecule has 5 nitrogen and oxygen atoms in total. The van der Waals surface area contributed by atoms with Crippen molar-refractivity contribution in [1.29, 1.82) is 0 Å². The molecule has 0 aliphatic rings. The predicted octanol–water partition coefficient (Wildman–Crippen LogP) is 1.17. The lowest BCUT2D eigenvalue weighted by atomic mass is 10.1. The number of primary amides is 1. The minimum absolute atomic E-state index is 0.192. The summed E-state index contributed by atoms with van der Waals surface area (Å²) in [5.41, 5.74) is 6.77. The molecule has 0 atom stereocenters. The summed E-state index contributed by atoms with van der Waals surface area (Å²) in [6.45, 7) is 0. The van der Waals surface area contributed by atoms with Crippen LogP contribution < -0.4 is 5.73 Å². The van der Waals surface area contributed by atoms with Crippen molar-refractivity contribution in [3.8, 4) is 0 Å². The van der Waals surface area contributed by atoms with Gasteiger partial charge in [-0.3, -0.25) is 4.79 Å². The first-order valence-electron chi connectivity index (χ1n) is 6.00. The van der Waals surface area contributed by atoms with Crippen molar-refractivity contribution in [2.75, 3.05) is 21.2 Å². The average Bonchev–Trinajstić information content (AvgIpc) is 2.43. The van der Waals surface area contributed by atoms with Gasteiger partial charge < -0.3 is 15.4 Å². The first kappa shape index (κ1) is 15.5. The zero-order valence-electron chi connectivity index (χ0n) is 11.8. The van der Waals surface area contributed by atoms with Crippen molar-refractivity contribution >= 4 is 17.6 Å². The van der Waals surface area contributed by atoms with Crippen LogP contribution in [0.25, 0.3) is 5.70 Å². The van der Waals surface area contributed by atoms with E-state index in [9.17, 15) is 9.59 Å². The van der Waals surface area contributed by atoms with Crippen LogP contribution in [-0.2, 0) is 14.3 Å². The molecule has 0 saturated heterocycles. The van der Waals surface area contributed by atoms with Gasteiger partial charge in [0.1, 0.15) is 5.57 Å². The molecule has 0 radical (unpaired) electrons. The largest absolute Gasteiger partial charge is 0.465 e. The molecule has 106 valence electrons. The van der Waals surface area contributed by atoms with Crippen LogP contribution >= 0.6 is 0 Å². The van der Waals surface area contributed by atoms with Crippen LogP contribution in [0.15, 0.2) is 48.1 Å². The lowest BCUT2D eigenvalue weighted by molar-refractivity contribution is -0.137. The average molecular weight is 274 g/mol. The summed E-state index contributed by atoms with van der Waals surface area (Å²) in [7, 11) is 4.94. The molecular formula is C15H18N2O3. The van der Waals surface area contributed by atoms with E-state index in [-0.39, 0.29) is 5.57 Å². The number of hydrogen-bond donors (Lipinski definition) is 1. The molecular weight excluding hydrogens is 256 g/mol. The monoisotopic (exact) mass is 274 g/mol. The second-order valence-corrected chi connectivity index (χ2v) is 4.25. The Morgan fingerprint density at radius 1 is 1.15 bits per heavy atom. The lowest BCUT2D eigenvalue weighted by Crippen LogP contribution is -2.21. The fourth-order valence-corrected chi connectivity index (χ4v) is 1.64. The molecule has 0 spiro atoms. The van der Waals surface area contributed by atoms with Gasteiger partial charge in [-0.15, -0.1) is 0 Å². The third-order valence-electron chi connectivity index (χ3n) is 2.63. The van der Waals surface area contributed by atoms with E-state index in [1.807, 2.05) is 49.3 Å². The van der Waals surface area contributed by atoms with E-state index in [1.165, 1.54) is 13.2 Å². The number of benzene rings is 1. The number of carbonyl (C=O) groups is 2. The lowest BCUT2D eigenvalue weighted by Gasteiger charge is -2.17. The smallest absolute Gasteiger partial charge is 0.343 e. The summed E-state index contributed by atoms with van der Waals surface area (Å²) in [4.78, 5) is 24.5. The topological polar surface area (TPSA) is 72.6 Å². The summed E-state index contributed by atoms with van der Waals surface area (Å²) < 4.78 is 4.52. The Morgan fingerprint density at radius 3 is 2.20 bits per heavy atom. The third-order valence-corrected chi connectivity index (χ3v) is 2.63. The molecule has 0 aliphatic carbocycles. The van der Waals surface area contributed by atoms with Crippen LogP contribution in [-0.4, -0.2) is 38.0 Å². The van der Waals surface area contributed by atoms with Gasteiger partial charge in [-0.1, -0.05) is 30.3 Å². The fourth-order valence-electron chi connectivity index (χ4n) is 1.64. The number of nitrogens with zero attached hydrogens (tertiary/aromatic N) is 1. The molecule has 1 amide bonds. The van der Waals surface area contributed by atoms with Gasteiger partial charge in [-0.2, -0.15) is 0 Å². The first-order valence-corrected chi connectivity index (χ1v) is 6.00. The van der Waals surface area contributed by atoms with Crippen molar-refractivity contribution in [3.05, 3.63) is 53.6 Å². The van der Waals surface area contributed by atoms with Crippen LogP contribution in [0, 0.1) is 0 Å². The quantitative estimate of drug-likeness (QED) is 0.288. The third kappa shape index (κ3) is 3.98. The van der Waals surface area contributed by atoms with Crippen LogP contribution in [0.1, 0.15) is 5.56 Å². The molecule has 20 heavy (non-hydrogen) atoms. The summed E-state index contributed by atoms with van der Waals surface area (Å²) in [6.07, 6.45) is 3.03. The number of rotatable bonds is 5. The second-order valence-electron chi connectivity index (χ2n) is 4.25. The van der Waals surface area contributed by atoms with Crippen LogP contribution in [0.3, 0.4) is 0 Å². The van der Waals surface area contributed by atoms with Gasteiger partial charge in [-0.05, 0) is 17.7 Å².